The standard InChI is InChI=1S/C14H16N4/c1-2-3-4-7-12(18-15)11-6-5-8-13-14(11)17-10-9-16-13/h1,5-6,8-10,12,18H,3-4,7,15H2. The van der Waals surface area contributed by atoms with Gasteiger partial charge in [-0.2, -0.15) is 0 Å². The van der Waals surface area contributed by atoms with Crippen LogP contribution in [0.25, 0.3) is 11.0 Å². The molecule has 0 bridgehead atoms. The second-order valence-corrected chi connectivity index (χ2v) is 4.09. The van der Waals surface area contributed by atoms with Gasteiger partial charge in [-0.3, -0.25) is 21.2 Å². The van der Waals surface area contributed by atoms with Crippen LogP contribution in [0, 0.1) is 12.3 Å². The van der Waals surface area contributed by atoms with Crippen LogP contribution < -0.4 is 11.3 Å². The van der Waals surface area contributed by atoms with Gasteiger partial charge in [0.25, 0.3) is 0 Å². The summed E-state index contributed by atoms with van der Waals surface area (Å²) >= 11 is 0. The van der Waals surface area contributed by atoms with Gasteiger partial charge in [0, 0.05) is 24.9 Å². The summed E-state index contributed by atoms with van der Waals surface area (Å²) in [7, 11) is 0. The fourth-order valence-electron chi connectivity index (χ4n) is 2.03. The van der Waals surface area contributed by atoms with Crippen LogP contribution in [0.5, 0.6) is 0 Å². The van der Waals surface area contributed by atoms with Gasteiger partial charge in [-0.25, -0.2) is 0 Å². The van der Waals surface area contributed by atoms with E-state index >= 15 is 0 Å². The summed E-state index contributed by atoms with van der Waals surface area (Å²) in [6.45, 7) is 0. The summed E-state index contributed by atoms with van der Waals surface area (Å²) < 4.78 is 0. The molecule has 0 spiro atoms. The topological polar surface area (TPSA) is 63.8 Å². The van der Waals surface area contributed by atoms with Gasteiger partial charge in [0.15, 0.2) is 0 Å². The largest absolute Gasteiger partial charge is 0.271 e. The maximum atomic E-state index is 5.63. The number of nitrogens with two attached hydrogens (primary N) is 1. The third kappa shape index (κ3) is 2.65. The van der Waals surface area contributed by atoms with Gasteiger partial charge in [-0.1, -0.05) is 12.1 Å². The van der Waals surface area contributed by atoms with Crippen molar-refractivity contribution in [1.29, 1.82) is 0 Å². The predicted molar refractivity (Wildman–Crippen MR) is 72.3 cm³/mol. The molecular formula is C14H16N4. The Morgan fingerprint density at radius 3 is 2.94 bits per heavy atom. The zero-order chi connectivity index (χ0) is 12.8. The molecule has 1 heterocycles. The van der Waals surface area contributed by atoms with E-state index in [1.54, 1.807) is 12.4 Å². The molecule has 92 valence electrons. The van der Waals surface area contributed by atoms with Crippen LogP contribution in [0.2, 0.25) is 0 Å². The van der Waals surface area contributed by atoms with Crippen molar-refractivity contribution in [3.63, 3.8) is 0 Å². The van der Waals surface area contributed by atoms with Gasteiger partial charge < -0.3 is 0 Å². The molecule has 1 atom stereocenters. The van der Waals surface area contributed by atoms with Crippen LogP contribution in [-0.2, 0) is 0 Å². The lowest BCUT2D eigenvalue weighted by atomic mass is 10.00. The van der Waals surface area contributed by atoms with Gasteiger partial charge >= 0.3 is 0 Å². The molecule has 1 aromatic heterocycles. The molecule has 0 radical (unpaired) electrons. The Morgan fingerprint density at radius 2 is 2.17 bits per heavy atom. The van der Waals surface area contributed by atoms with Gasteiger partial charge in [-0.15, -0.1) is 12.3 Å². The summed E-state index contributed by atoms with van der Waals surface area (Å²) in [4.78, 5) is 8.67. The Labute approximate surface area is 107 Å². The van der Waals surface area contributed by atoms with Gasteiger partial charge in [-0.05, 0) is 24.5 Å². The number of aromatic nitrogens is 2. The lowest BCUT2D eigenvalue weighted by Gasteiger charge is -2.16. The van der Waals surface area contributed by atoms with Crippen molar-refractivity contribution in [3.05, 3.63) is 36.2 Å². The first kappa shape index (κ1) is 12.5. The van der Waals surface area contributed by atoms with E-state index in [4.69, 9.17) is 12.3 Å². The third-order valence-electron chi connectivity index (χ3n) is 2.92. The highest BCUT2D eigenvalue weighted by Crippen LogP contribution is 2.24. The average molecular weight is 240 g/mol. The van der Waals surface area contributed by atoms with E-state index in [-0.39, 0.29) is 6.04 Å². The van der Waals surface area contributed by atoms with Crippen molar-refractivity contribution in [1.82, 2.24) is 15.4 Å². The average Bonchev–Trinajstić information content (AvgIpc) is 2.43. The smallest absolute Gasteiger partial charge is 0.0935 e. The Hall–Kier alpha value is -1.96. The number of fused-ring (bicyclic) bond motifs is 1. The maximum absolute atomic E-state index is 5.63. The summed E-state index contributed by atoms with van der Waals surface area (Å²) in [5, 5.41) is 0. The van der Waals surface area contributed by atoms with Gasteiger partial charge in [0.05, 0.1) is 11.0 Å². The second-order valence-electron chi connectivity index (χ2n) is 4.09. The molecular weight excluding hydrogens is 224 g/mol. The van der Waals surface area contributed by atoms with Crippen molar-refractivity contribution in [3.8, 4) is 12.3 Å². The van der Waals surface area contributed by atoms with E-state index in [1.807, 2.05) is 18.2 Å². The SMILES string of the molecule is C#CCCCC(NN)c1cccc2nccnc12. The number of terminal acetylenes is 1. The van der Waals surface area contributed by atoms with Crippen LogP contribution in [0.1, 0.15) is 30.9 Å². The number of hydrazine groups is 1. The second kappa shape index (κ2) is 6.10. The number of hydrogen-bond donors (Lipinski definition) is 2. The predicted octanol–water partition coefficient (Wildman–Crippen LogP) is 1.94. The maximum Gasteiger partial charge on any atom is 0.0935 e. The van der Waals surface area contributed by atoms with Crippen LogP contribution in [0.4, 0.5) is 0 Å². The van der Waals surface area contributed by atoms with Gasteiger partial charge in [0.1, 0.15) is 0 Å². The van der Waals surface area contributed by atoms with Crippen molar-refractivity contribution in [2.24, 2.45) is 5.84 Å². The number of nitrogens with zero attached hydrogens (tertiary/aromatic N) is 2. The molecule has 4 nitrogen and oxygen atoms in total. The van der Waals surface area contributed by atoms with Crippen LogP contribution >= 0.6 is 0 Å². The minimum Gasteiger partial charge on any atom is -0.271 e. The molecule has 1 aromatic carbocycles. The highest BCUT2D eigenvalue weighted by atomic mass is 15.2. The summed E-state index contributed by atoms with van der Waals surface area (Å²) in [6, 6.07) is 6.00. The molecule has 0 aliphatic heterocycles. The number of unbranched alkanes of at least 4 members (excludes halogenated alkanes) is 1. The minimum absolute atomic E-state index is 0.0544. The van der Waals surface area contributed by atoms with E-state index in [2.05, 4.69) is 21.3 Å². The van der Waals surface area contributed by atoms with E-state index in [9.17, 15) is 0 Å². The molecule has 2 aromatic rings. The van der Waals surface area contributed by atoms with Crippen LogP contribution in [-0.4, -0.2) is 9.97 Å². The molecule has 0 aliphatic rings. The van der Waals surface area contributed by atoms with E-state index in [0.29, 0.717) is 0 Å². The van der Waals surface area contributed by atoms with E-state index in [1.165, 1.54) is 0 Å². The Balaban J connectivity index is 2.30. The van der Waals surface area contributed by atoms with E-state index in [0.717, 1.165) is 35.9 Å². The monoisotopic (exact) mass is 240 g/mol. The molecule has 1 unspecified atom stereocenters. The number of rotatable bonds is 5. The molecule has 0 fully saturated rings. The lowest BCUT2D eigenvalue weighted by Crippen LogP contribution is -2.28. The third-order valence-corrected chi connectivity index (χ3v) is 2.92. The summed E-state index contributed by atoms with van der Waals surface area (Å²) in [5.74, 6) is 8.27. The first-order valence-electron chi connectivity index (χ1n) is 5.96. The number of nitrogens with one attached hydrogen (secondary N) is 1. The number of hydrogen-bond acceptors (Lipinski definition) is 4. The Bertz CT molecular complexity index is 554. The summed E-state index contributed by atoms with van der Waals surface area (Å²) in [5.41, 5.74) is 5.68. The summed E-state index contributed by atoms with van der Waals surface area (Å²) in [6.07, 6.45) is 11.2. The van der Waals surface area contributed by atoms with Crippen molar-refractivity contribution in [2.45, 2.75) is 25.3 Å². The Kier molecular flexibility index (Phi) is 4.24. The quantitative estimate of drug-likeness (QED) is 0.363. The number of benzene rings is 1. The van der Waals surface area contributed by atoms with Crippen LogP contribution in [0.15, 0.2) is 30.6 Å². The molecule has 0 saturated carbocycles. The van der Waals surface area contributed by atoms with Crippen molar-refractivity contribution >= 4 is 11.0 Å². The fraction of sp³-hybridized carbons (Fsp3) is 0.286. The fourth-order valence-corrected chi connectivity index (χ4v) is 2.03. The first-order valence-corrected chi connectivity index (χ1v) is 5.96. The highest BCUT2D eigenvalue weighted by molar-refractivity contribution is 5.78. The number of para-hydroxylation sites is 1. The zero-order valence-electron chi connectivity index (χ0n) is 10.1. The minimum atomic E-state index is 0.0544. The zero-order valence-corrected chi connectivity index (χ0v) is 10.1. The van der Waals surface area contributed by atoms with Crippen LogP contribution in [0.3, 0.4) is 0 Å². The Morgan fingerprint density at radius 1 is 1.33 bits per heavy atom. The normalized spacial score (nSPS) is 12.2. The molecule has 0 saturated heterocycles. The first-order chi connectivity index (χ1) is 8.86. The molecule has 3 N–H and O–H groups in total. The van der Waals surface area contributed by atoms with Crippen molar-refractivity contribution in [2.75, 3.05) is 0 Å². The molecule has 2 rings (SSSR count). The van der Waals surface area contributed by atoms with Gasteiger partial charge in [0.2, 0.25) is 0 Å². The lowest BCUT2D eigenvalue weighted by molar-refractivity contribution is 0.505. The molecule has 0 aliphatic carbocycles. The van der Waals surface area contributed by atoms with E-state index < -0.39 is 0 Å². The molecule has 4 heteroatoms. The highest BCUT2D eigenvalue weighted by Gasteiger charge is 2.13. The molecule has 0 amide bonds. The molecule has 18 heavy (non-hydrogen) atoms. The van der Waals surface area contributed by atoms with Crippen molar-refractivity contribution < 1.29 is 0 Å².